The Kier molecular flexibility index (Phi) is 7.71. The van der Waals surface area contributed by atoms with Gasteiger partial charge in [-0.25, -0.2) is 14.3 Å². The van der Waals surface area contributed by atoms with Crippen molar-refractivity contribution in [1.82, 2.24) is 18.9 Å². The highest BCUT2D eigenvalue weighted by molar-refractivity contribution is 5.85. The normalized spacial score (nSPS) is 16.6. The van der Waals surface area contributed by atoms with Gasteiger partial charge in [0.05, 0.1) is 0 Å². The lowest BCUT2D eigenvalue weighted by Gasteiger charge is -2.31. The molecule has 0 unspecified atom stereocenters. The van der Waals surface area contributed by atoms with E-state index in [0.29, 0.717) is 24.6 Å². The number of nitrogens with two attached hydrogens (primary N) is 1. The molecule has 1 saturated heterocycles. The highest BCUT2D eigenvalue weighted by atomic mass is 35.5. The molecule has 27 heavy (non-hydrogen) atoms. The van der Waals surface area contributed by atoms with E-state index in [9.17, 15) is 9.59 Å². The molecule has 0 bridgehead atoms. The van der Waals surface area contributed by atoms with Crippen molar-refractivity contribution in [2.24, 2.45) is 19.8 Å². The standard InChI is InChI=1S/C17H26N6O2.2ClH/c1-11(2)7-9-23-14-13(15(24)20(3)21(4)16(14)25)19-17(23)22-8-5-6-12(18)10-22;;/h7,12H,5-6,8-10,18H2,1-4H3;2*1H/t12-;;/m1../s1. The first-order chi connectivity index (χ1) is 11.8. The molecule has 1 fully saturated rings. The fourth-order valence-electron chi connectivity index (χ4n) is 3.27. The molecule has 0 amide bonds. The number of anilines is 1. The summed E-state index contributed by atoms with van der Waals surface area (Å²) in [5.74, 6) is 0.656. The maximum atomic E-state index is 12.8. The molecule has 1 atom stereocenters. The third kappa shape index (κ3) is 4.23. The van der Waals surface area contributed by atoms with Crippen molar-refractivity contribution in [1.29, 1.82) is 0 Å². The lowest BCUT2D eigenvalue weighted by molar-refractivity contribution is 0.495. The second kappa shape index (κ2) is 8.95. The van der Waals surface area contributed by atoms with Crippen molar-refractivity contribution in [2.45, 2.75) is 39.3 Å². The summed E-state index contributed by atoms with van der Waals surface area (Å²) in [6.07, 6.45) is 3.99. The van der Waals surface area contributed by atoms with Crippen LogP contribution in [-0.2, 0) is 20.6 Å². The molecule has 2 aromatic rings. The van der Waals surface area contributed by atoms with Crippen LogP contribution >= 0.6 is 24.8 Å². The summed E-state index contributed by atoms with van der Waals surface area (Å²) in [5.41, 5.74) is 7.35. The van der Waals surface area contributed by atoms with Gasteiger partial charge in [0, 0.05) is 39.8 Å². The smallest absolute Gasteiger partial charge is 0.293 e. The molecular formula is C17H28Cl2N6O2. The van der Waals surface area contributed by atoms with Crippen molar-refractivity contribution in [3.8, 4) is 0 Å². The second-order valence-electron chi connectivity index (χ2n) is 7.01. The Labute approximate surface area is 170 Å². The lowest BCUT2D eigenvalue weighted by atomic mass is 10.1. The van der Waals surface area contributed by atoms with Crippen LogP contribution in [0.25, 0.3) is 11.0 Å². The summed E-state index contributed by atoms with van der Waals surface area (Å²) >= 11 is 0. The van der Waals surface area contributed by atoms with E-state index in [1.165, 1.54) is 9.36 Å². The predicted octanol–water partition coefficient (Wildman–Crippen LogP) is 1.17. The average Bonchev–Trinajstić information content (AvgIpc) is 2.96. The molecule has 0 radical (unpaired) electrons. The van der Waals surface area contributed by atoms with Crippen molar-refractivity contribution in [2.75, 3.05) is 18.0 Å². The molecule has 0 aromatic carbocycles. The Morgan fingerprint density at radius 2 is 1.81 bits per heavy atom. The summed E-state index contributed by atoms with van der Waals surface area (Å²) < 4.78 is 4.48. The van der Waals surface area contributed by atoms with Crippen LogP contribution in [0.15, 0.2) is 21.2 Å². The van der Waals surface area contributed by atoms with Gasteiger partial charge in [0.25, 0.3) is 11.1 Å². The molecule has 0 aliphatic carbocycles. The highest BCUT2D eigenvalue weighted by Gasteiger charge is 2.25. The molecule has 1 aliphatic rings. The fourth-order valence-corrected chi connectivity index (χ4v) is 3.27. The van der Waals surface area contributed by atoms with Gasteiger partial charge in [-0.15, -0.1) is 24.8 Å². The van der Waals surface area contributed by atoms with E-state index in [0.717, 1.165) is 25.0 Å². The summed E-state index contributed by atoms with van der Waals surface area (Å²) in [4.78, 5) is 32.1. The zero-order valence-electron chi connectivity index (χ0n) is 16.1. The van der Waals surface area contributed by atoms with Crippen molar-refractivity contribution < 1.29 is 0 Å². The summed E-state index contributed by atoms with van der Waals surface area (Å²) in [6, 6.07) is 0.0798. The first-order valence-electron chi connectivity index (χ1n) is 8.61. The second-order valence-corrected chi connectivity index (χ2v) is 7.01. The SMILES string of the molecule is CC(C)=CCn1c(N2CCC[C@@H](N)C2)nc2c(=O)n(C)n(C)c(=O)c21.Cl.Cl. The molecule has 0 spiro atoms. The first-order valence-corrected chi connectivity index (χ1v) is 8.61. The predicted molar refractivity (Wildman–Crippen MR) is 114 cm³/mol. The van der Waals surface area contributed by atoms with E-state index in [4.69, 9.17) is 5.73 Å². The van der Waals surface area contributed by atoms with Crippen LogP contribution in [0.4, 0.5) is 5.95 Å². The first kappa shape index (κ1) is 23.3. The molecule has 10 heteroatoms. The van der Waals surface area contributed by atoms with E-state index < -0.39 is 0 Å². The molecular weight excluding hydrogens is 391 g/mol. The number of aromatic nitrogens is 4. The number of piperidine rings is 1. The number of fused-ring (bicyclic) bond motifs is 1. The van der Waals surface area contributed by atoms with Gasteiger partial charge >= 0.3 is 0 Å². The minimum Gasteiger partial charge on any atom is -0.341 e. The van der Waals surface area contributed by atoms with Gasteiger partial charge in [-0.2, -0.15) is 0 Å². The van der Waals surface area contributed by atoms with Crippen LogP contribution in [0.5, 0.6) is 0 Å². The number of imidazole rings is 1. The Balaban J connectivity index is 0.00000182. The van der Waals surface area contributed by atoms with Gasteiger partial charge in [-0.1, -0.05) is 11.6 Å². The topological polar surface area (TPSA) is 91.1 Å². The molecule has 1 aliphatic heterocycles. The molecule has 8 nitrogen and oxygen atoms in total. The zero-order valence-corrected chi connectivity index (χ0v) is 17.8. The van der Waals surface area contributed by atoms with Crippen LogP contribution in [0.1, 0.15) is 26.7 Å². The quantitative estimate of drug-likeness (QED) is 0.755. The minimum atomic E-state index is -0.268. The lowest BCUT2D eigenvalue weighted by Crippen LogP contribution is -2.44. The highest BCUT2D eigenvalue weighted by Crippen LogP contribution is 2.22. The summed E-state index contributed by atoms with van der Waals surface area (Å²) in [6.45, 7) is 6.02. The van der Waals surface area contributed by atoms with Gasteiger partial charge in [0.2, 0.25) is 5.95 Å². The van der Waals surface area contributed by atoms with E-state index in [1.54, 1.807) is 14.1 Å². The number of halogens is 2. The Bertz CT molecular complexity index is 955. The van der Waals surface area contributed by atoms with E-state index >= 15 is 0 Å². The Morgan fingerprint density at radius 3 is 2.41 bits per heavy atom. The van der Waals surface area contributed by atoms with E-state index in [-0.39, 0.29) is 47.5 Å². The van der Waals surface area contributed by atoms with Crippen LogP contribution < -0.4 is 21.8 Å². The van der Waals surface area contributed by atoms with Crippen LogP contribution in [0.2, 0.25) is 0 Å². The van der Waals surface area contributed by atoms with Crippen LogP contribution in [-0.4, -0.2) is 38.0 Å². The fraction of sp³-hybridized carbons (Fsp3) is 0.588. The third-order valence-corrected chi connectivity index (χ3v) is 4.81. The number of hydrogen-bond acceptors (Lipinski definition) is 5. The molecule has 152 valence electrons. The van der Waals surface area contributed by atoms with Crippen molar-refractivity contribution in [3.05, 3.63) is 32.4 Å². The molecule has 3 rings (SSSR count). The molecule has 3 heterocycles. The van der Waals surface area contributed by atoms with Gasteiger partial charge in [-0.05, 0) is 26.7 Å². The number of nitrogens with zero attached hydrogens (tertiary/aromatic N) is 5. The van der Waals surface area contributed by atoms with Crippen molar-refractivity contribution in [3.63, 3.8) is 0 Å². The molecule has 0 saturated carbocycles. The van der Waals surface area contributed by atoms with Crippen LogP contribution in [0, 0.1) is 0 Å². The van der Waals surface area contributed by atoms with Crippen LogP contribution in [0.3, 0.4) is 0 Å². The minimum absolute atomic E-state index is 0. The zero-order chi connectivity index (χ0) is 18.3. The Morgan fingerprint density at radius 1 is 1.19 bits per heavy atom. The van der Waals surface area contributed by atoms with E-state index in [2.05, 4.69) is 9.88 Å². The average molecular weight is 419 g/mol. The monoisotopic (exact) mass is 418 g/mol. The van der Waals surface area contributed by atoms with Crippen molar-refractivity contribution >= 4 is 41.8 Å². The summed E-state index contributed by atoms with van der Waals surface area (Å²) in [7, 11) is 3.17. The third-order valence-electron chi connectivity index (χ3n) is 4.81. The number of allylic oxidation sites excluding steroid dienone is 2. The number of hydrogen-bond donors (Lipinski definition) is 1. The molecule has 2 aromatic heterocycles. The van der Waals surface area contributed by atoms with Gasteiger partial charge < -0.3 is 15.2 Å². The van der Waals surface area contributed by atoms with Gasteiger partial charge in [0.15, 0.2) is 5.52 Å². The maximum Gasteiger partial charge on any atom is 0.293 e. The summed E-state index contributed by atoms with van der Waals surface area (Å²) in [5, 5.41) is 0. The van der Waals surface area contributed by atoms with Gasteiger partial charge in [-0.3, -0.25) is 9.59 Å². The van der Waals surface area contributed by atoms with Gasteiger partial charge in [0.1, 0.15) is 5.52 Å². The Hall–Kier alpha value is -1.77. The largest absolute Gasteiger partial charge is 0.341 e. The molecule has 2 N–H and O–H groups in total. The number of rotatable bonds is 3. The maximum absolute atomic E-state index is 12.8. The van der Waals surface area contributed by atoms with E-state index in [1.807, 2.05) is 24.5 Å².